The molecule has 1 unspecified atom stereocenters. The molecule has 0 aliphatic carbocycles. The van der Waals surface area contributed by atoms with Crippen molar-refractivity contribution >= 4 is 15.0 Å². The van der Waals surface area contributed by atoms with Crippen molar-refractivity contribution in [2.75, 3.05) is 13.7 Å². The van der Waals surface area contributed by atoms with E-state index >= 15 is 0 Å². The van der Waals surface area contributed by atoms with Crippen LogP contribution in [-0.2, 0) is 4.74 Å². The van der Waals surface area contributed by atoms with Crippen LogP contribution in [0.2, 0.25) is 5.32 Å². The second-order valence-electron chi connectivity index (χ2n) is 3.31. The topological polar surface area (TPSA) is 29.5 Å². The van der Waals surface area contributed by atoms with Crippen LogP contribution in [0.25, 0.3) is 0 Å². The molecule has 0 aliphatic rings. The molecule has 0 amide bonds. The fourth-order valence-corrected chi connectivity index (χ4v) is 3.09. The first-order chi connectivity index (χ1) is 7.79. The minimum absolute atomic E-state index is 0.341. The van der Waals surface area contributed by atoms with Crippen molar-refractivity contribution < 1.29 is 9.84 Å². The average Bonchev–Trinajstić information content (AvgIpc) is 2.35. The van der Waals surface area contributed by atoms with Gasteiger partial charge in [-0.2, -0.15) is 0 Å². The standard InChI is InChI=1S/C13H18O2Se/c1-3-16-12(9-10-15-2)13(14)11-7-5-4-6-8-11/h4-9,13-14H,3,10H2,1-2H3/b12-9-. The van der Waals surface area contributed by atoms with Crippen molar-refractivity contribution in [3.05, 3.63) is 46.4 Å². The fourth-order valence-electron chi connectivity index (χ4n) is 1.38. The summed E-state index contributed by atoms with van der Waals surface area (Å²) in [5.41, 5.74) is 0.958. The van der Waals surface area contributed by atoms with Crippen LogP contribution in [0.1, 0.15) is 18.6 Å². The van der Waals surface area contributed by atoms with Crippen LogP contribution in [0.3, 0.4) is 0 Å². The van der Waals surface area contributed by atoms with Crippen LogP contribution in [-0.4, -0.2) is 33.8 Å². The van der Waals surface area contributed by atoms with E-state index in [0.717, 1.165) is 15.4 Å². The molecule has 3 heteroatoms. The molecule has 0 spiro atoms. The van der Waals surface area contributed by atoms with Crippen LogP contribution in [0.5, 0.6) is 0 Å². The number of aliphatic hydroxyl groups excluding tert-OH is 1. The Balaban J connectivity index is 2.78. The Morgan fingerprint density at radius 1 is 1.44 bits per heavy atom. The molecule has 0 heterocycles. The van der Waals surface area contributed by atoms with Gasteiger partial charge in [-0.25, -0.2) is 0 Å². The predicted octanol–water partition coefficient (Wildman–Crippen LogP) is 2.39. The second kappa shape index (κ2) is 7.64. The van der Waals surface area contributed by atoms with E-state index in [2.05, 4.69) is 6.92 Å². The molecule has 0 fully saturated rings. The molecule has 1 aromatic carbocycles. The van der Waals surface area contributed by atoms with E-state index in [4.69, 9.17) is 4.74 Å². The number of hydrogen-bond donors (Lipinski definition) is 1. The number of benzene rings is 1. The first kappa shape index (κ1) is 13.5. The molecule has 88 valence electrons. The van der Waals surface area contributed by atoms with Crippen molar-refractivity contribution in [1.29, 1.82) is 0 Å². The average molecular weight is 285 g/mol. The Morgan fingerprint density at radius 2 is 2.12 bits per heavy atom. The summed E-state index contributed by atoms with van der Waals surface area (Å²) in [7, 11) is 1.67. The summed E-state index contributed by atoms with van der Waals surface area (Å²) < 4.78 is 6.13. The quantitative estimate of drug-likeness (QED) is 0.813. The number of ether oxygens (including phenoxy) is 1. The van der Waals surface area contributed by atoms with Crippen LogP contribution >= 0.6 is 0 Å². The number of methoxy groups -OCH3 is 1. The van der Waals surface area contributed by atoms with E-state index in [1.807, 2.05) is 36.4 Å². The van der Waals surface area contributed by atoms with Gasteiger partial charge in [0.15, 0.2) is 0 Å². The Hall–Kier alpha value is -0.601. The maximum atomic E-state index is 10.2. The van der Waals surface area contributed by atoms with Gasteiger partial charge in [0, 0.05) is 0 Å². The Labute approximate surface area is 103 Å². The summed E-state index contributed by atoms with van der Waals surface area (Å²) in [6.45, 7) is 2.71. The minimum atomic E-state index is -0.476. The molecule has 2 nitrogen and oxygen atoms in total. The summed E-state index contributed by atoms with van der Waals surface area (Å²) in [4.78, 5) is 0. The second-order valence-corrected chi connectivity index (χ2v) is 6.11. The van der Waals surface area contributed by atoms with E-state index in [0.29, 0.717) is 21.6 Å². The number of rotatable bonds is 6. The molecule has 0 saturated carbocycles. The van der Waals surface area contributed by atoms with Gasteiger partial charge in [-0.05, 0) is 0 Å². The van der Waals surface area contributed by atoms with Gasteiger partial charge in [0.05, 0.1) is 0 Å². The zero-order valence-corrected chi connectivity index (χ0v) is 11.4. The SMILES string of the molecule is CC[Se]/C(=C\COC)C(O)c1ccccc1. The summed E-state index contributed by atoms with van der Waals surface area (Å²) in [6.07, 6.45) is 1.53. The summed E-state index contributed by atoms with van der Waals surface area (Å²) >= 11 is 0.341. The summed E-state index contributed by atoms with van der Waals surface area (Å²) in [6, 6.07) is 9.77. The maximum absolute atomic E-state index is 10.2. The number of aliphatic hydroxyl groups is 1. The number of hydrogen-bond acceptors (Lipinski definition) is 2. The first-order valence-corrected chi connectivity index (χ1v) is 7.41. The van der Waals surface area contributed by atoms with E-state index in [1.54, 1.807) is 7.11 Å². The van der Waals surface area contributed by atoms with Crippen LogP contribution in [0.15, 0.2) is 40.9 Å². The predicted molar refractivity (Wildman–Crippen MR) is 67.6 cm³/mol. The Bertz CT molecular complexity index is 322. The van der Waals surface area contributed by atoms with Crippen LogP contribution < -0.4 is 0 Å². The van der Waals surface area contributed by atoms with E-state index in [9.17, 15) is 5.11 Å². The van der Waals surface area contributed by atoms with Gasteiger partial charge in [-0.1, -0.05) is 0 Å². The monoisotopic (exact) mass is 286 g/mol. The fraction of sp³-hybridized carbons (Fsp3) is 0.385. The molecule has 1 rings (SSSR count). The molecule has 1 aromatic rings. The van der Waals surface area contributed by atoms with Gasteiger partial charge >= 0.3 is 103 Å². The third kappa shape index (κ3) is 4.11. The van der Waals surface area contributed by atoms with Gasteiger partial charge < -0.3 is 0 Å². The van der Waals surface area contributed by atoms with Crippen molar-refractivity contribution in [3.63, 3.8) is 0 Å². The van der Waals surface area contributed by atoms with Crippen molar-refractivity contribution in [2.45, 2.75) is 18.3 Å². The molecule has 1 N–H and O–H groups in total. The van der Waals surface area contributed by atoms with Gasteiger partial charge in [0.1, 0.15) is 0 Å². The Morgan fingerprint density at radius 3 is 2.69 bits per heavy atom. The van der Waals surface area contributed by atoms with E-state index < -0.39 is 6.10 Å². The summed E-state index contributed by atoms with van der Waals surface area (Å²) in [5, 5.41) is 11.3. The molecule has 0 radical (unpaired) electrons. The Kier molecular flexibility index (Phi) is 6.43. The molecule has 0 aromatic heterocycles. The zero-order valence-electron chi connectivity index (χ0n) is 9.72. The van der Waals surface area contributed by atoms with Crippen molar-refractivity contribution in [3.8, 4) is 0 Å². The van der Waals surface area contributed by atoms with Gasteiger partial charge in [0.2, 0.25) is 0 Å². The molecule has 16 heavy (non-hydrogen) atoms. The van der Waals surface area contributed by atoms with Crippen LogP contribution in [0.4, 0.5) is 0 Å². The van der Waals surface area contributed by atoms with E-state index in [1.165, 1.54) is 0 Å². The van der Waals surface area contributed by atoms with Crippen LogP contribution in [0, 0.1) is 0 Å². The van der Waals surface area contributed by atoms with Crippen molar-refractivity contribution in [1.82, 2.24) is 0 Å². The molecule has 0 aliphatic heterocycles. The normalized spacial score (nSPS) is 13.8. The first-order valence-electron chi connectivity index (χ1n) is 5.34. The third-order valence-corrected chi connectivity index (χ3v) is 4.27. The van der Waals surface area contributed by atoms with Crippen molar-refractivity contribution in [2.24, 2.45) is 0 Å². The molecule has 0 bridgehead atoms. The third-order valence-electron chi connectivity index (χ3n) is 2.15. The molecular formula is C13H18O2Se. The molecular weight excluding hydrogens is 267 g/mol. The van der Waals surface area contributed by atoms with E-state index in [-0.39, 0.29) is 0 Å². The van der Waals surface area contributed by atoms with Gasteiger partial charge in [0.25, 0.3) is 0 Å². The zero-order chi connectivity index (χ0) is 11.8. The molecule has 1 atom stereocenters. The van der Waals surface area contributed by atoms with Gasteiger partial charge in [-0.15, -0.1) is 0 Å². The molecule has 0 saturated heterocycles. The summed E-state index contributed by atoms with van der Waals surface area (Å²) in [5.74, 6) is 0. The van der Waals surface area contributed by atoms with Gasteiger partial charge in [-0.3, -0.25) is 0 Å².